The third kappa shape index (κ3) is 4.42. The monoisotopic (exact) mass is 455 g/mol. The maximum Gasteiger partial charge on any atom is 0.344 e. The van der Waals surface area contributed by atoms with Gasteiger partial charge in [-0.05, 0) is 86.5 Å². The Morgan fingerprint density at radius 2 is 1.88 bits per heavy atom. The molecule has 0 atom stereocenters. The van der Waals surface area contributed by atoms with Gasteiger partial charge in [0.25, 0.3) is 0 Å². The average Bonchev–Trinajstić information content (AvgIpc) is 3.21. The summed E-state index contributed by atoms with van der Waals surface area (Å²) in [6.45, 7) is 11.7. The van der Waals surface area contributed by atoms with Crippen LogP contribution in [0, 0.1) is 13.8 Å². The molecule has 1 saturated heterocycles. The summed E-state index contributed by atoms with van der Waals surface area (Å²) >= 11 is 0. The van der Waals surface area contributed by atoms with E-state index in [0.717, 1.165) is 43.7 Å². The van der Waals surface area contributed by atoms with Crippen molar-refractivity contribution < 1.29 is 0 Å². The van der Waals surface area contributed by atoms with Gasteiger partial charge in [-0.2, -0.15) is 0 Å². The molecule has 3 aromatic heterocycles. The van der Waals surface area contributed by atoms with Gasteiger partial charge in [0.15, 0.2) is 0 Å². The SMILES string of the molecule is Cc1cc(-c2[nH]c3ccc(C4CCN(Cc5cnc(=O)[nH]c5)CC4)cc3c2C(C)C)c(C)cn1. The summed E-state index contributed by atoms with van der Waals surface area (Å²) in [5.41, 5.74) is 9.53. The van der Waals surface area contributed by atoms with Gasteiger partial charge in [0.2, 0.25) is 0 Å². The molecular formula is C28H33N5O. The van der Waals surface area contributed by atoms with Crippen molar-refractivity contribution in [1.29, 1.82) is 0 Å². The fourth-order valence-corrected chi connectivity index (χ4v) is 5.33. The highest BCUT2D eigenvalue weighted by Crippen LogP contribution is 2.39. The highest BCUT2D eigenvalue weighted by Gasteiger charge is 2.23. The minimum Gasteiger partial charge on any atom is -0.354 e. The molecule has 1 aromatic carbocycles. The predicted molar refractivity (Wildman–Crippen MR) is 137 cm³/mol. The van der Waals surface area contributed by atoms with Gasteiger partial charge in [0.1, 0.15) is 0 Å². The first kappa shape index (κ1) is 22.5. The molecule has 4 aromatic rings. The molecule has 0 aliphatic carbocycles. The summed E-state index contributed by atoms with van der Waals surface area (Å²) in [5, 5.41) is 1.35. The van der Waals surface area contributed by atoms with E-state index in [1.54, 1.807) is 12.4 Å². The maximum atomic E-state index is 11.2. The number of aromatic nitrogens is 4. The van der Waals surface area contributed by atoms with Crippen LogP contribution >= 0.6 is 0 Å². The zero-order valence-corrected chi connectivity index (χ0v) is 20.5. The summed E-state index contributed by atoms with van der Waals surface area (Å²) in [7, 11) is 0. The van der Waals surface area contributed by atoms with Crippen molar-refractivity contribution in [2.24, 2.45) is 0 Å². The lowest BCUT2D eigenvalue weighted by molar-refractivity contribution is 0.204. The molecule has 34 heavy (non-hydrogen) atoms. The van der Waals surface area contributed by atoms with Gasteiger partial charge in [0, 0.05) is 52.9 Å². The number of benzene rings is 1. The Balaban J connectivity index is 1.40. The molecule has 1 aliphatic rings. The van der Waals surface area contributed by atoms with Crippen LogP contribution in [0.5, 0.6) is 0 Å². The van der Waals surface area contributed by atoms with Crippen molar-refractivity contribution in [2.45, 2.75) is 58.9 Å². The second-order valence-corrected chi connectivity index (χ2v) is 9.99. The molecule has 1 aliphatic heterocycles. The Morgan fingerprint density at radius 1 is 1.09 bits per heavy atom. The number of piperidine rings is 1. The number of nitrogens with zero attached hydrogens (tertiary/aromatic N) is 3. The van der Waals surface area contributed by atoms with Gasteiger partial charge in [0.05, 0.1) is 5.69 Å². The van der Waals surface area contributed by atoms with Crippen LogP contribution < -0.4 is 5.69 Å². The minimum absolute atomic E-state index is 0.291. The van der Waals surface area contributed by atoms with Crippen molar-refractivity contribution in [3.05, 3.63) is 81.3 Å². The van der Waals surface area contributed by atoms with E-state index < -0.39 is 0 Å². The molecule has 0 unspecified atom stereocenters. The van der Waals surface area contributed by atoms with Gasteiger partial charge in [-0.3, -0.25) is 9.88 Å². The molecule has 6 nitrogen and oxygen atoms in total. The number of fused-ring (bicyclic) bond motifs is 1. The number of nitrogens with one attached hydrogen (secondary N) is 2. The number of aromatic amines is 2. The Bertz CT molecular complexity index is 1360. The van der Waals surface area contributed by atoms with Gasteiger partial charge in [-0.25, -0.2) is 9.78 Å². The second kappa shape index (κ2) is 9.18. The van der Waals surface area contributed by atoms with E-state index in [1.807, 2.05) is 6.20 Å². The van der Waals surface area contributed by atoms with Crippen LogP contribution in [0.3, 0.4) is 0 Å². The Hall–Kier alpha value is -3.25. The Kier molecular flexibility index (Phi) is 6.09. The molecule has 6 heteroatoms. The van der Waals surface area contributed by atoms with E-state index in [1.165, 1.54) is 38.9 Å². The normalized spacial score (nSPS) is 15.4. The Labute approximate surface area is 200 Å². The van der Waals surface area contributed by atoms with Crippen molar-refractivity contribution in [3.8, 4) is 11.3 Å². The van der Waals surface area contributed by atoms with Crippen molar-refractivity contribution in [3.63, 3.8) is 0 Å². The van der Waals surface area contributed by atoms with Crippen molar-refractivity contribution in [1.82, 2.24) is 24.8 Å². The summed E-state index contributed by atoms with van der Waals surface area (Å²) in [6, 6.07) is 9.20. The first-order valence-corrected chi connectivity index (χ1v) is 12.2. The topological polar surface area (TPSA) is 77.7 Å². The first-order valence-electron chi connectivity index (χ1n) is 12.2. The van der Waals surface area contributed by atoms with Crippen LogP contribution in [-0.4, -0.2) is 37.9 Å². The quantitative estimate of drug-likeness (QED) is 0.420. The van der Waals surface area contributed by atoms with E-state index in [2.05, 4.69) is 76.8 Å². The molecule has 0 spiro atoms. The van der Waals surface area contributed by atoms with E-state index in [4.69, 9.17) is 0 Å². The predicted octanol–water partition coefficient (Wildman–Crippen LogP) is 5.43. The largest absolute Gasteiger partial charge is 0.354 e. The lowest BCUT2D eigenvalue weighted by atomic mass is 9.87. The number of aryl methyl sites for hydroxylation is 2. The number of likely N-dealkylation sites (tertiary alicyclic amines) is 1. The molecule has 4 heterocycles. The van der Waals surface area contributed by atoms with E-state index in [0.29, 0.717) is 11.8 Å². The summed E-state index contributed by atoms with van der Waals surface area (Å²) < 4.78 is 0. The average molecular weight is 456 g/mol. The van der Waals surface area contributed by atoms with Crippen molar-refractivity contribution >= 4 is 10.9 Å². The molecule has 1 fully saturated rings. The first-order chi connectivity index (χ1) is 16.4. The lowest BCUT2D eigenvalue weighted by Gasteiger charge is -2.32. The van der Waals surface area contributed by atoms with E-state index >= 15 is 0 Å². The van der Waals surface area contributed by atoms with Crippen molar-refractivity contribution in [2.75, 3.05) is 13.1 Å². The zero-order valence-electron chi connectivity index (χ0n) is 20.5. The third-order valence-electron chi connectivity index (χ3n) is 7.14. The minimum atomic E-state index is -0.291. The molecule has 176 valence electrons. The van der Waals surface area contributed by atoms with Crippen LogP contribution in [0.1, 0.15) is 66.5 Å². The van der Waals surface area contributed by atoms with Gasteiger partial charge in [-0.1, -0.05) is 19.9 Å². The number of hydrogen-bond donors (Lipinski definition) is 2. The molecule has 0 amide bonds. The number of pyridine rings is 1. The van der Waals surface area contributed by atoms with Gasteiger partial charge in [-0.15, -0.1) is 0 Å². The standard InChI is InChI=1S/C28H33N5O/c1-17(2)26-24-12-22(5-6-25(24)32-27(26)23-11-19(4)29-13-18(23)3)21-7-9-33(10-8-21)16-20-14-30-28(34)31-15-20/h5-6,11-15,17,21,32H,7-10,16H2,1-4H3,(H,30,31,34). The molecule has 5 rings (SSSR count). The van der Waals surface area contributed by atoms with E-state index in [9.17, 15) is 4.79 Å². The fourth-order valence-electron chi connectivity index (χ4n) is 5.33. The highest BCUT2D eigenvalue weighted by molar-refractivity contribution is 5.92. The molecule has 2 N–H and O–H groups in total. The summed E-state index contributed by atoms with van der Waals surface area (Å²) in [4.78, 5) is 28.4. The lowest BCUT2D eigenvalue weighted by Crippen LogP contribution is -2.32. The van der Waals surface area contributed by atoms with Crippen LogP contribution in [0.15, 0.2) is 47.7 Å². The number of hydrogen-bond acceptors (Lipinski definition) is 4. The van der Waals surface area contributed by atoms with Crippen LogP contribution in [-0.2, 0) is 6.54 Å². The molecule has 0 bridgehead atoms. The highest BCUT2D eigenvalue weighted by atomic mass is 16.1. The maximum absolute atomic E-state index is 11.2. The number of rotatable bonds is 5. The second-order valence-electron chi connectivity index (χ2n) is 9.99. The molecular weight excluding hydrogens is 422 g/mol. The molecule has 0 radical (unpaired) electrons. The third-order valence-corrected chi connectivity index (χ3v) is 7.14. The number of H-pyrrole nitrogens is 2. The summed E-state index contributed by atoms with van der Waals surface area (Å²) in [6.07, 6.45) is 7.71. The molecule has 0 saturated carbocycles. The van der Waals surface area contributed by atoms with Gasteiger partial charge < -0.3 is 9.97 Å². The fraction of sp³-hybridized carbons (Fsp3) is 0.393. The smallest absolute Gasteiger partial charge is 0.344 e. The summed E-state index contributed by atoms with van der Waals surface area (Å²) in [5.74, 6) is 0.984. The van der Waals surface area contributed by atoms with E-state index in [-0.39, 0.29) is 5.69 Å². The van der Waals surface area contributed by atoms with Crippen LogP contribution in [0.4, 0.5) is 0 Å². The Morgan fingerprint density at radius 3 is 2.59 bits per heavy atom. The van der Waals surface area contributed by atoms with Crippen LogP contribution in [0.2, 0.25) is 0 Å². The van der Waals surface area contributed by atoms with Gasteiger partial charge >= 0.3 is 5.69 Å². The zero-order chi connectivity index (χ0) is 23.8. The van der Waals surface area contributed by atoms with Crippen LogP contribution in [0.25, 0.3) is 22.2 Å².